The number of likely N-dealkylation sites (tertiary alicyclic amines) is 1. The predicted octanol–water partition coefficient (Wildman–Crippen LogP) is 2.86. The highest BCUT2D eigenvalue weighted by Crippen LogP contribution is 2.36. The van der Waals surface area contributed by atoms with Crippen LogP contribution in [0.25, 0.3) is 0 Å². The zero-order chi connectivity index (χ0) is 14.2. The average molecular weight is 332 g/mol. The third kappa shape index (κ3) is 3.48. The highest BCUT2D eigenvalue weighted by molar-refractivity contribution is 6.32. The number of rotatable bonds is 3. The molecule has 2 aliphatic heterocycles. The van der Waals surface area contributed by atoms with E-state index in [1.165, 1.54) is 18.9 Å². The Bertz CT molecular complexity index is 533. The number of halogens is 2. The molecule has 0 bridgehead atoms. The fourth-order valence-electron chi connectivity index (χ4n) is 3.36. The summed E-state index contributed by atoms with van der Waals surface area (Å²) in [5.41, 5.74) is 1.47. The van der Waals surface area contributed by atoms with E-state index >= 15 is 0 Å². The van der Waals surface area contributed by atoms with Gasteiger partial charge in [0, 0.05) is 25.7 Å². The van der Waals surface area contributed by atoms with E-state index in [-0.39, 0.29) is 23.1 Å². The molecule has 5 nitrogen and oxygen atoms in total. The van der Waals surface area contributed by atoms with Crippen molar-refractivity contribution in [1.29, 1.82) is 0 Å². The van der Waals surface area contributed by atoms with E-state index in [0.29, 0.717) is 5.41 Å². The summed E-state index contributed by atoms with van der Waals surface area (Å²) in [5, 5.41) is 14.4. The number of benzene rings is 1. The monoisotopic (exact) mass is 331 g/mol. The summed E-state index contributed by atoms with van der Waals surface area (Å²) in [6.07, 6.45) is 2.49. The van der Waals surface area contributed by atoms with Crippen molar-refractivity contribution < 1.29 is 4.92 Å². The van der Waals surface area contributed by atoms with Crippen LogP contribution in [0.4, 0.5) is 5.69 Å². The molecule has 0 amide bonds. The fourth-order valence-corrected chi connectivity index (χ4v) is 3.63. The maximum absolute atomic E-state index is 10.8. The topological polar surface area (TPSA) is 58.4 Å². The van der Waals surface area contributed by atoms with Crippen LogP contribution in [-0.2, 0) is 6.54 Å². The molecular formula is C14H19Cl2N3O2. The van der Waals surface area contributed by atoms with Gasteiger partial charge in [-0.3, -0.25) is 15.0 Å². The molecule has 1 aromatic carbocycles. The molecule has 1 atom stereocenters. The van der Waals surface area contributed by atoms with E-state index < -0.39 is 4.92 Å². The first kappa shape index (κ1) is 16.5. The second-order valence-electron chi connectivity index (χ2n) is 5.93. The van der Waals surface area contributed by atoms with E-state index in [4.69, 9.17) is 11.6 Å². The van der Waals surface area contributed by atoms with Crippen molar-refractivity contribution in [2.45, 2.75) is 19.4 Å². The summed E-state index contributed by atoms with van der Waals surface area (Å²) in [4.78, 5) is 12.7. The summed E-state index contributed by atoms with van der Waals surface area (Å²) >= 11 is 5.96. The number of nitro benzene ring substituents is 1. The molecule has 2 heterocycles. The molecule has 0 aromatic heterocycles. The maximum atomic E-state index is 10.8. The molecule has 0 radical (unpaired) electrons. The van der Waals surface area contributed by atoms with E-state index in [1.807, 2.05) is 6.07 Å². The molecule has 0 aliphatic carbocycles. The number of nitrogens with one attached hydrogen (secondary N) is 1. The Kier molecular flexibility index (Phi) is 5.09. The molecule has 1 spiro atoms. The van der Waals surface area contributed by atoms with Crippen molar-refractivity contribution in [2.75, 3.05) is 26.2 Å². The van der Waals surface area contributed by atoms with Crippen molar-refractivity contribution in [2.24, 2.45) is 5.41 Å². The Labute approximate surface area is 135 Å². The normalized spacial score (nSPS) is 25.2. The van der Waals surface area contributed by atoms with Gasteiger partial charge < -0.3 is 5.32 Å². The first-order chi connectivity index (χ1) is 9.58. The molecule has 21 heavy (non-hydrogen) atoms. The summed E-state index contributed by atoms with van der Waals surface area (Å²) in [6.45, 7) is 5.26. The second kappa shape index (κ2) is 6.48. The first-order valence-corrected chi connectivity index (χ1v) is 7.32. The van der Waals surface area contributed by atoms with Crippen molar-refractivity contribution in [3.05, 3.63) is 38.9 Å². The van der Waals surface area contributed by atoms with Gasteiger partial charge in [0.1, 0.15) is 5.02 Å². The van der Waals surface area contributed by atoms with Gasteiger partial charge in [-0.25, -0.2) is 0 Å². The van der Waals surface area contributed by atoms with Crippen LogP contribution < -0.4 is 5.32 Å². The van der Waals surface area contributed by atoms with Crippen molar-refractivity contribution in [3.63, 3.8) is 0 Å². The van der Waals surface area contributed by atoms with E-state index in [0.717, 1.165) is 38.3 Å². The van der Waals surface area contributed by atoms with Gasteiger partial charge >= 0.3 is 0 Å². The Hall–Kier alpha value is -0.880. The van der Waals surface area contributed by atoms with Gasteiger partial charge in [0.15, 0.2) is 0 Å². The molecule has 3 rings (SSSR count). The highest BCUT2D eigenvalue weighted by atomic mass is 35.5. The summed E-state index contributed by atoms with van der Waals surface area (Å²) < 4.78 is 0. The Balaban J connectivity index is 0.00000161. The number of hydrogen-bond acceptors (Lipinski definition) is 4. The molecule has 1 unspecified atom stereocenters. The lowest BCUT2D eigenvalue weighted by Crippen LogP contribution is -2.28. The Morgan fingerprint density at radius 3 is 2.86 bits per heavy atom. The van der Waals surface area contributed by atoms with E-state index in [1.54, 1.807) is 6.07 Å². The minimum atomic E-state index is -0.443. The van der Waals surface area contributed by atoms with Gasteiger partial charge in [-0.2, -0.15) is 0 Å². The maximum Gasteiger partial charge on any atom is 0.287 e. The second-order valence-corrected chi connectivity index (χ2v) is 6.34. The van der Waals surface area contributed by atoms with Crippen LogP contribution in [0.5, 0.6) is 0 Å². The smallest absolute Gasteiger partial charge is 0.287 e. The molecule has 116 valence electrons. The molecule has 1 N–H and O–H groups in total. The van der Waals surface area contributed by atoms with Crippen LogP contribution >= 0.6 is 24.0 Å². The summed E-state index contributed by atoms with van der Waals surface area (Å²) in [5.74, 6) is 0. The first-order valence-electron chi connectivity index (χ1n) is 6.94. The van der Waals surface area contributed by atoms with E-state index in [9.17, 15) is 10.1 Å². The number of hydrogen-bond donors (Lipinski definition) is 1. The molecule has 2 aliphatic rings. The van der Waals surface area contributed by atoms with Crippen LogP contribution in [0.1, 0.15) is 18.4 Å². The number of nitro groups is 1. The van der Waals surface area contributed by atoms with Gasteiger partial charge in [0.2, 0.25) is 0 Å². The number of nitrogens with zero attached hydrogens (tertiary/aromatic N) is 2. The third-order valence-electron chi connectivity index (χ3n) is 4.46. The molecule has 2 saturated heterocycles. The van der Waals surface area contributed by atoms with Gasteiger partial charge in [-0.15, -0.1) is 12.4 Å². The molecule has 2 fully saturated rings. The van der Waals surface area contributed by atoms with Crippen LogP contribution in [-0.4, -0.2) is 36.0 Å². The van der Waals surface area contributed by atoms with Crippen molar-refractivity contribution in [3.8, 4) is 0 Å². The lowest BCUT2D eigenvalue weighted by Gasteiger charge is -2.22. The summed E-state index contributed by atoms with van der Waals surface area (Å²) in [7, 11) is 0. The highest BCUT2D eigenvalue weighted by Gasteiger charge is 2.40. The van der Waals surface area contributed by atoms with Gasteiger partial charge in [0.25, 0.3) is 5.69 Å². The van der Waals surface area contributed by atoms with Crippen LogP contribution in [0.3, 0.4) is 0 Å². The van der Waals surface area contributed by atoms with Crippen LogP contribution in [0.15, 0.2) is 18.2 Å². The van der Waals surface area contributed by atoms with Gasteiger partial charge in [0.05, 0.1) is 4.92 Å². The minimum Gasteiger partial charge on any atom is -0.316 e. The largest absolute Gasteiger partial charge is 0.316 e. The van der Waals surface area contributed by atoms with Gasteiger partial charge in [-0.05, 0) is 43.0 Å². The average Bonchev–Trinajstić information content (AvgIpc) is 3.00. The predicted molar refractivity (Wildman–Crippen MR) is 85.2 cm³/mol. The minimum absolute atomic E-state index is 0. The molecular weight excluding hydrogens is 313 g/mol. The third-order valence-corrected chi connectivity index (χ3v) is 4.77. The molecule has 0 saturated carbocycles. The van der Waals surface area contributed by atoms with E-state index in [2.05, 4.69) is 10.2 Å². The summed E-state index contributed by atoms with van der Waals surface area (Å²) in [6, 6.07) is 5.03. The quantitative estimate of drug-likeness (QED) is 0.683. The zero-order valence-electron chi connectivity index (χ0n) is 11.7. The Morgan fingerprint density at radius 1 is 1.43 bits per heavy atom. The SMILES string of the molecule is Cl.O=[N+]([O-])c1ccc(CN2CCC3(CCNC3)C2)cc1Cl. The zero-order valence-corrected chi connectivity index (χ0v) is 13.3. The van der Waals surface area contributed by atoms with Crippen molar-refractivity contribution in [1.82, 2.24) is 10.2 Å². The van der Waals surface area contributed by atoms with Gasteiger partial charge in [-0.1, -0.05) is 17.7 Å². The fraction of sp³-hybridized carbons (Fsp3) is 0.571. The van der Waals surface area contributed by atoms with Crippen LogP contribution in [0, 0.1) is 15.5 Å². The van der Waals surface area contributed by atoms with Crippen LogP contribution in [0.2, 0.25) is 5.02 Å². The standard InChI is InChI=1S/C14H18ClN3O2.ClH/c15-12-7-11(1-2-13(12)18(19)20)8-17-6-4-14(10-17)3-5-16-9-14;/h1-2,7,16H,3-6,8-10H2;1H. The molecule has 7 heteroatoms. The lowest BCUT2D eigenvalue weighted by atomic mass is 9.86. The Morgan fingerprint density at radius 2 is 2.24 bits per heavy atom. The van der Waals surface area contributed by atoms with Crippen molar-refractivity contribution >= 4 is 29.7 Å². The molecule has 1 aromatic rings. The lowest BCUT2D eigenvalue weighted by molar-refractivity contribution is -0.384.